The lowest BCUT2D eigenvalue weighted by Crippen LogP contribution is -2.46. The van der Waals surface area contributed by atoms with Gasteiger partial charge in [-0.1, -0.05) is 110 Å². The van der Waals surface area contributed by atoms with Crippen LogP contribution < -0.4 is 16.4 Å². The summed E-state index contributed by atoms with van der Waals surface area (Å²) in [6, 6.07) is 0. The van der Waals surface area contributed by atoms with Gasteiger partial charge in [-0.25, -0.2) is 33.0 Å². The number of alkyl halides is 1. The molecule has 0 bridgehead atoms. The number of aliphatic hydroxyl groups is 2. The van der Waals surface area contributed by atoms with E-state index in [9.17, 15) is 62.3 Å². The molecule has 1 aliphatic rings. The van der Waals surface area contributed by atoms with Crippen molar-refractivity contribution in [3.63, 3.8) is 0 Å². The molecular weight excluding hydrogens is 970 g/mol. The first-order chi connectivity index (χ1) is 31.4. The van der Waals surface area contributed by atoms with Crippen molar-refractivity contribution < 1.29 is 84.9 Å². The number of phosphoric acid groups is 3. The smallest absolute Gasteiger partial charge is 0.386 e. The first-order valence-electron chi connectivity index (χ1n) is 22.1. The lowest BCUT2D eigenvalue weighted by atomic mass is 9.87. The van der Waals surface area contributed by atoms with Crippen LogP contribution in [-0.2, 0) is 50.7 Å². The van der Waals surface area contributed by atoms with Gasteiger partial charge in [-0.05, 0) is 6.42 Å². The van der Waals surface area contributed by atoms with E-state index in [1.54, 1.807) is 6.92 Å². The highest BCUT2D eigenvalue weighted by Gasteiger charge is 2.50. The van der Waals surface area contributed by atoms with E-state index in [-0.39, 0.29) is 47.4 Å². The number of rotatable bonds is 33. The predicted octanol–water partition coefficient (Wildman–Crippen LogP) is 4.34. The molecule has 1 fully saturated rings. The van der Waals surface area contributed by atoms with Crippen LogP contribution in [0.3, 0.4) is 0 Å². The van der Waals surface area contributed by atoms with Gasteiger partial charge < -0.3 is 50.9 Å². The van der Waals surface area contributed by atoms with Crippen LogP contribution in [0.4, 0.5) is 10.2 Å². The molecule has 67 heavy (non-hydrogen) atoms. The minimum absolute atomic E-state index is 0.0251. The number of thioether (sulfide) groups is 1. The van der Waals surface area contributed by atoms with Gasteiger partial charge in [-0.15, -0.1) is 0 Å². The Hall–Kier alpha value is -2.51. The molecule has 29 heteroatoms. The monoisotopic (exact) mass is 1040 g/mol. The summed E-state index contributed by atoms with van der Waals surface area (Å²) in [6.07, 6.45) is 4.71. The second-order valence-corrected chi connectivity index (χ2v) is 22.2. The molecule has 3 heterocycles. The molecule has 1 saturated heterocycles. The summed E-state index contributed by atoms with van der Waals surface area (Å²) in [4.78, 5) is 88.7. The molecule has 2 aromatic heterocycles. The van der Waals surface area contributed by atoms with Gasteiger partial charge in [-0.2, -0.15) is 4.31 Å². The number of hydrogen-bond donors (Lipinski definition) is 9. The average molecular weight is 1040 g/mol. The Morgan fingerprint density at radius 1 is 0.940 bits per heavy atom. The van der Waals surface area contributed by atoms with Crippen molar-refractivity contribution in [1.29, 1.82) is 0 Å². The van der Waals surface area contributed by atoms with Crippen molar-refractivity contribution in [2.24, 2.45) is 11.3 Å². The summed E-state index contributed by atoms with van der Waals surface area (Å²) < 4.78 is 77.1. The number of ether oxygens (including phenoxy) is 1. The number of halogens is 1. The highest BCUT2D eigenvalue weighted by Crippen LogP contribution is 2.61. The quantitative estimate of drug-likeness (QED) is 0.0354. The third kappa shape index (κ3) is 20.4. The SMILES string of the molecule is CCCCCCCCCCCCC[C@@H](F)[C@@H](C)C(=O)SCCNC(=O)CCNC(=O)[C@H](O)C(C)(C)COP(=O)(O)OP(=O)(O)OC[C@H]1O[C@@H](n2cnc3c(N)ncnc32)[C@H](O)[C@@H]1OP(=O)(O)O. The van der Waals surface area contributed by atoms with E-state index in [1.165, 1.54) is 58.8 Å². The minimum atomic E-state index is -5.59. The Morgan fingerprint density at radius 3 is 2.18 bits per heavy atom. The number of anilines is 1. The number of carbonyl (C=O) groups is 3. The molecule has 9 atom stereocenters. The molecule has 0 spiro atoms. The Kier molecular flexibility index (Phi) is 24.4. The predicted molar refractivity (Wildman–Crippen MR) is 242 cm³/mol. The molecule has 384 valence electrons. The second-order valence-electron chi connectivity index (χ2n) is 16.9. The summed E-state index contributed by atoms with van der Waals surface area (Å²) in [5, 5.41) is 26.2. The van der Waals surface area contributed by atoms with Crippen LogP contribution in [0.5, 0.6) is 0 Å². The number of fused-ring (bicyclic) bond motifs is 1. The fourth-order valence-corrected chi connectivity index (χ4v) is 10.5. The van der Waals surface area contributed by atoms with Crippen LogP contribution in [0.25, 0.3) is 11.2 Å². The number of nitrogens with one attached hydrogen (secondary N) is 2. The number of aromatic nitrogens is 4. The number of amides is 2. The maximum absolute atomic E-state index is 14.7. The number of imidazole rings is 1. The molecule has 1 aliphatic heterocycles. The highest BCUT2D eigenvalue weighted by atomic mass is 32.2. The topological polar surface area (TPSA) is 364 Å². The number of carbonyl (C=O) groups excluding carboxylic acids is 3. The summed E-state index contributed by atoms with van der Waals surface area (Å²) in [5.41, 5.74) is 4.24. The zero-order valence-corrected chi connectivity index (χ0v) is 41.6. The fourth-order valence-electron chi connectivity index (χ4n) is 6.81. The van der Waals surface area contributed by atoms with Gasteiger partial charge in [0.1, 0.15) is 42.4 Å². The number of nitrogens with zero attached hydrogens (tertiary/aromatic N) is 4. The molecule has 24 nitrogen and oxygen atoms in total. The number of nitrogens with two attached hydrogens (primary N) is 1. The lowest BCUT2D eigenvalue weighted by Gasteiger charge is -2.30. The van der Waals surface area contributed by atoms with Crippen LogP contribution in [0.15, 0.2) is 12.7 Å². The Morgan fingerprint density at radius 2 is 1.55 bits per heavy atom. The molecule has 2 aromatic rings. The van der Waals surface area contributed by atoms with Crippen LogP contribution in [0.1, 0.15) is 117 Å². The second kappa shape index (κ2) is 27.8. The van der Waals surface area contributed by atoms with Crippen LogP contribution in [0.2, 0.25) is 0 Å². The largest absolute Gasteiger partial charge is 0.481 e. The lowest BCUT2D eigenvalue weighted by molar-refractivity contribution is -0.137. The Labute approximate surface area is 392 Å². The van der Waals surface area contributed by atoms with E-state index in [1.807, 2.05) is 0 Å². The van der Waals surface area contributed by atoms with Crippen molar-refractivity contribution in [3.05, 3.63) is 12.7 Å². The third-order valence-electron chi connectivity index (χ3n) is 10.7. The summed E-state index contributed by atoms with van der Waals surface area (Å²) >= 11 is 0.926. The van der Waals surface area contributed by atoms with Gasteiger partial charge in [0.2, 0.25) is 11.8 Å². The van der Waals surface area contributed by atoms with Gasteiger partial charge in [0.15, 0.2) is 22.8 Å². The van der Waals surface area contributed by atoms with Crippen LogP contribution in [-0.4, -0.2) is 129 Å². The molecule has 2 unspecified atom stereocenters. The molecule has 3 rings (SSSR count). The molecule has 0 aliphatic carbocycles. The fraction of sp³-hybridized carbons (Fsp3) is 0.789. The number of unbranched alkanes of at least 4 members (excludes halogenated alkanes) is 10. The number of hydrogen-bond acceptors (Lipinski definition) is 18. The number of aliphatic hydroxyl groups excluding tert-OH is 2. The van der Waals surface area contributed by atoms with Crippen molar-refractivity contribution in [2.75, 3.05) is 37.8 Å². The van der Waals surface area contributed by atoms with Gasteiger partial charge in [0, 0.05) is 30.7 Å². The average Bonchev–Trinajstić information content (AvgIpc) is 3.81. The van der Waals surface area contributed by atoms with Gasteiger partial charge >= 0.3 is 23.5 Å². The summed E-state index contributed by atoms with van der Waals surface area (Å²) in [5.74, 6) is -2.10. The van der Waals surface area contributed by atoms with Crippen LogP contribution >= 0.6 is 35.2 Å². The van der Waals surface area contributed by atoms with Gasteiger partial charge in [0.05, 0.1) is 25.5 Å². The molecule has 10 N–H and O–H groups in total. The van der Waals surface area contributed by atoms with E-state index >= 15 is 0 Å². The van der Waals surface area contributed by atoms with Crippen molar-refractivity contribution in [1.82, 2.24) is 30.2 Å². The van der Waals surface area contributed by atoms with E-state index in [2.05, 4.69) is 41.3 Å². The number of phosphoric ester groups is 3. The molecule has 2 amide bonds. The van der Waals surface area contributed by atoms with E-state index in [4.69, 9.17) is 19.5 Å². The molecular formula is C38H67FN7O17P3S. The highest BCUT2D eigenvalue weighted by molar-refractivity contribution is 8.13. The summed E-state index contributed by atoms with van der Waals surface area (Å²) in [6.45, 7) is 4.07. The van der Waals surface area contributed by atoms with Crippen molar-refractivity contribution in [2.45, 2.75) is 148 Å². The minimum Gasteiger partial charge on any atom is -0.386 e. The Bertz CT molecular complexity index is 2040. The van der Waals surface area contributed by atoms with Gasteiger partial charge in [0.25, 0.3) is 0 Å². The van der Waals surface area contributed by atoms with Crippen LogP contribution in [0, 0.1) is 11.3 Å². The maximum atomic E-state index is 14.7. The van der Waals surface area contributed by atoms with E-state index < -0.39 is 96.6 Å². The Balaban J connectivity index is 1.35. The van der Waals surface area contributed by atoms with Gasteiger partial charge in [-0.3, -0.25) is 32.5 Å². The zero-order chi connectivity index (χ0) is 50.0. The molecule has 0 aromatic carbocycles. The van der Waals surface area contributed by atoms with Crippen molar-refractivity contribution in [3.8, 4) is 0 Å². The first kappa shape index (κ1) is 58.8. The summed E-state index contributed by atoms with van der Waals surface area (Å²) in [7, 11) is -16.5. The zero-order valence-electron chi connectivity index (χ0n) is 38.1. The van der Waals surface area contributed by atoms with E-state index in [0.717, 1.165) is 54.7 Å². The maximum Gasteiger partial charge on any atom is 0.481 e. The standard InChI is InChI=1S/C38H67FN7O17P3S/c1-5-6-7-8-9-10-11-12-13-14-15-16-26(39)25(2)37(51)67-20-19-41-28(47)17-18-42-35(50)32(49)38(3,4)22-60-66(57,58)63-65(55,56)59-21-27-31(62-64(52,53)54)30(48)36(61-27)46-24-45-29-33(40)43-23-44-34(29)46/h23-27,30-32,36,48-49H,5-22H2,1-4H3,(H,41,47)(H,42,50)(H,55,56)(H,57,58)(H2,40,43,44)(H2,52,53,54)/t25-,26-,27-,30-,31-,32+,36-/m1/s1. The molecule has 0 radical (unpaired) electrons. The van der Waals surface area contributed by atoms with Crippen molar-refractivity contribution >= 4 is 69.1 Å². The number of nitrogen functional groups attached to an aromatic ring is 1. The normalized spacial score (nSPS) is 21.1. The molecule has 0 saturated carbocycles. The van der Waals surface area contributed by atoms with E-state index in [0.29, 0.717) is 6.42 Å². The third-order valence-corrected chi connectivity index (χ3v) is 14.9. The first-order valence-corrected chi connectivity index (χ1v) is 27.6.